The molecule has 0 aliphatic carbocycles. The van der Waals surface area contributed by atoms with Crippen LogP contribution in [0.15, 0.2) is 64.9 Å². The molecule has 1 heterocycles. The molecule has 3 aromatic rings. The number of carbonyl (C=O) groups excluding carboxylic acids is 1. The molecule has 0 aliphatic rings. The summed E-state index contributed by atoms with van der Waals surface area (Å²) in [5.74, 6) is -0.495. The number of carbonyl (C=O) groups is 1. The lowest BCUT2D eigenvalue weighted by Crippen LogP contribution is -2.14. The number of hydrogen-bond donors (Lipinski definition) is 2. The maximum Gasteiger partial charge on any atom is 0.296 e. The fraction of sp³-hybridized carbons (Fsp3) is 0. The summed E-state index contributed by atoms with van der Waals surface area (Å²) in [6, 6.07) is 14.7. The van der Waals surface area contributed by atoms with Gasteiger partial charge in [0, 0.05) is 15.5 Å². The van der Waals surface area contributed by atoms with Gasteiger partial charge in [-0.05, 0) is 47.3 Å². The Hall–Kier alpha value is -2.19. The van der Waals surface area contributed by atoms with Gasteiger partial charge in [0.15, 0.2) is 0 Å². The van der Waals surface area contributed by atoms with Crippen LogP contribution in [0.5, 0.6) is 0 Å². The summed E-state index contributed by atoms with van der Waals surface area (Å²) in [5, 5.41) is 4.58. The van der Waals surface area contributed by atoms with Gasteiger partial charge in [0.1, 0.15) is 4.90 Å². The van der Waals surface area contributed by atoms with Crippen molar-refractivity contribution in [3.63, 3.8) is 0 Å². The lowest BCUT2D eigenvalue weighted by molar-refractivity contribution is 0.102. The van der Waals surface area contributed by atoms with Gasteiger partial charge in [0.2, 0.25) is 0 Å². The van der Waals surface area contributed by atoms with Crippen LogP contribution < -0.4 is 5.32 Å². The normalized spacial score (nSPS) is 11.3. The zero-order valence-corrected chi connectivity index (χ0v) is 15.0. The SMILES string of the molecule is O=C(Nc1ccc(Cl)cc1S(=O)(=O)O)c1ccc(-c2cccs2)cc1. The second-order valence-electron chi connectivity index (χ2n) is 5.12. The monoisotopic (exact) mass is 393 g/mol. The van der Waals surface area contributed by atoms with E-state index in [9.17, 15) is 17.8 Å². The average Bonchev–Trinajstić information content (AvgIpc) is 3.10. The van der Waals surface area contributed by atoms with Crippen molar-refractivity contribution in [2.75, 3.05) is 5.32 Å². The van der Waals surface area contributed by atoms with Gasteiger partial charge in [0.05, 0.1) is 5.69 Å². The predicted molar refractivity (Wildman–Crippen MR) is 99.0 cm³/mol. The summed E-state index contributed by atoms with van der Waals surface area (Å²) in [4.78, 5) is 13.0. The van der Waals surface area contributed by atoms with E-state index in [0.29, 0.717) is 5.56 Å². The smallest absolute Gasteiger partial charge is 0.296 e. The van der Waals surface area contributed by atoms with Crippen LogP contribution in [0.3, 0.4) is 0 Å². The summed E-state index contributed by atoms with van der Waals surface area (Å²) in [6.07, 6.45) is 0. The highest BCUT2D eigenvalue weighted by atomic mass is 35.5. The Kier molecular flexibility index (Phi) is 4.91. The van der Waals surface area contributed by atoms with E-state index >= 15 is 0 Å². The van der Waals surface area contributed by atoms with Crippen molar-refractivity contribution in [2.24, 2.45) is 0 Å². The highest BCUT2D eigenvalue weighted by molar-refractivity contribution is 7.86. The number of amides is 1. The van der Waals surface area contributed by atoms with Crippen molar-refractivity contribution in [3.8, 4) is 10.4 Å². The van der Waals surface area contributed by atoms with Crippen LogP contribution in [0.2, 0.25) is 5.02 Å². The van der Waals surface area contributed by atoms with E-state index in [4.69, 9.17) is 11.6 Å². The standard InChI is InChI=1S/C17H12ClNO4S2/c18-13-7-8-14(16(10-13)25(21,22)23)19-17(20)12-5-3-11(4-6-12)15-2-1-9-24-15/h1-10H,(H,19,20)(H,21,22,23). The summed E-state index contributed by atoms with van der Waals surface area (Å²) in [5.41, 5.74) is 1.30. The van der Waals surface area contributed by atoms with Crippen molar-refractivity contribution in [2.45, 2.75) is 4.90 Å². The molecule has 0 saturated carbocycles. The van der Waals surface area contributed by atoms with Crippen molar-refractivity contribution in [3.05, 3.63) is 70.6 Å². The Labute approximate surface area is 153 Å². The van der Waals surface area contributed by atoms with E-state index in [2.05, 4.69) is 5.32 Å². The zero-order valence-electron chi connectivity index (χ0n) is 12.6. The summed E-state index contributed by atoms with van der Waals surface area (Å²) in [7, 11) is -4.52. The highest BCUT2D eigenvalue weighted by Gasteiger charge is 2.18. The van der Waals surface area contributed by atoms with Crippen LogP contribution in [0, 0.1) is 0 Å². The van der Waals surface area contributed by atoms with Crippen molar-refractivity contribution in [1.29, 1.82) is 0 Å². The van der Waals surface area contributed by atoms with Crippen LogP contribution in [-0.2, 0) is 10.1 Å². The predicted octanol–water partition coefficient (Wildman–Crippen LogP) is 4.57. The summed E-state index contributed by atoms with van der Waals surface area (Å²) in [6.45, 7) is 0. The number of hydrogen-bond acceptors (Lipinski definition) is 4. The van der Waals surface area contributed by atoms with Crippen LogP contribution in [0.1, 0.15) is 10.4 Å². The Morgan fingerprint density at radius 1 is 1.08 bits per heavy atom. The average molecular weight is 394 g/mol. The van der Waals surface area contributed by atoms with E-state index in [1.165, 1.54) is 12.1 Å². The molecule has 0 fully saturated rings. The van der Waals surface area contributed by atoms with Gasteiger partial charge in [-0.2, -0.15) is 8.42 Å². The van der Waals surface area contributed by atoms with Crippen LogP contribution >= 0.6 is 22.9 Å². The van der Waals surface area contributed by atoms with Gasteiger partial charge >= 0.3 is 0 Å². The van der Waals surface area contributed by atoms with Crippen molar-refractivity contribution in [1.82, 2.24) is 0 Å². The second kappa shape index (κ2) is 6.97. The van der Waals surface area contributed by atoms with E-state index in [1.54, 1.807) is 23.5 Å². The largest absolute Gasteiger partial charge is 0.321 e. The van der Waals surface area contributed by atoms with E-state index < -0.39 is 20.9 Å². The van der Waals surface area contributed by atoms with Crippen LogP contribution in [-0.4, -0.2) is 18.9 Å². The molecule has 0 atom stereocenters. The van der Waals surface area contributed by atoms with Crippen LogP contribution in [0.25, 0.3) is 10.4 Å². The Morgan fingerprint density at radius 2 is 1.80 bits per heavy atom. The minimum Gasteiger partial charge on any atom is -0.321 e. The molecule has 2 N–H and O–H groups in total. The highest BCUT2D eigenvalue weighted by Crippen LogP contribution is 2.27. The molecule has 8 heteroatoms. The fourth-order valence-corrected chi connectivity index (χ4v) is 3.88. The third kappa shape index (κ3) is 4.08. The van der Waals surface area contributed by atoms with E-state index in [1.807, 2.05) is 29.6 Å². The Bertz CT molecular complexity index is 1010. The van der Waals surface area contributed by atoms with Gasteiger partial charge in [-0.3, -0.25) is 9.35 Å². The molecule has 128 valence electrons. The molecule has 25 heavy (non-hydrogen) atoms. The molecule has 0 saturated heterocycles. The van der Waals surface area contributed by atoms with E-state index in [-0.39, 0.29) is 10.7 Å². The first-order valence-electron chi connectivity index (χ1n) is 7.07. The number of rotatable bonds is 4. The maximum absolute atomic E-state index is 12.4. The van der Waals surface area contributed by atoms with Gasteiger partial charge in [-0.25, -0.2) is 0 Å². The number of thiophene rings is 1. The molecule has 5 nitrogen and oxygen atoms in total. The number of halogens is 1. The minimum atomic E-state index is -4.52. The number of benzene rings is 2. The van der Waals surface area contributed by atoms with Crippen molar-refractivity contribution >= 4 is 44.7 Å². The third-order valence-corrected chi connectivity index (χ3v) is 5.47. The summed E-state index contributed by atoms with van der Waals surface area (Å²) >= 11 is 7.35. The van der Waals surface area contributed by atoms with Crippen LogP contribution in [0.4, 0.5) is 5.69 Å². The van der Waals surface area contributed by atoms with Gasteiger partial charge < -0.3 is 5.32 Å². The Balaban J connectivity index is 1.86. The minimum absolute atomic E-state index is 0.0424. The first-order chi connectivity index (χ1) is 11.8. The fourth-order valence-electron chi connectivity index (χ4n) is 2.24. The van der Waals surface area contributed by atoms with Gasteiger partial charge in [0.25, 0.3) is 16.0 Å². The molecule has 0 spiro atoms. The maximum atomic E-state index is 12.4. The molecule has 0 radical (unpaired) electrons. The van der Waals surface area contributed by atoms with Gasteiger partial charge in [-0.1, -0.05) is 29.8 Å². The molecule has 3 rings (SSSR count). The number of nitrogens with one attached hydrogen (secondary N) is 1. The third-order valence-electron chi connectivity index (χ3n) is 3.42. The molecule has 0 unspecified atom stereocenters. The summed E-state index contributed by atoms with van der Waals surface area (Å²) < 4.78 is 32.2. The molecular weight excluding hydrogens is 382 g/mol. The molecule has 1 amide bonds. The first kappa shape index (κ1) is 17.6. The second-order valence-corrected chi connectivity index (χ2v) is 7.90. The molecule has 0 aliphatic heterocycles. The molecule has 2 aromatic carbocycles. The molecule has 1 aromatic heterocycles. The van der Waals surface area contributed by atoms with E-state index in [0.717, 1.165) is 16.5 Å². The van der Waals surface area contributed by atoms with Gasteiger partial charge in [-0.15, -0.1) is 11.3 Å². The lowest BCUT2D eigenvalue weighted by atomic mass is 10.1. The molecular formula is C17H12ClNO4S2. The Morgan fingerprint density at radius 3 is 2.40 bits per heavy atom. The quantitative estimate of drug-likeness (QED) is 0.636. The van der Waals surface area contributed by atoms with Crippen molar-refractivity contribution < 1.29 is 17.8 Å². The topological polar surface area (TPSA) is 83.5 Å². The molecule has 0 bridgehead atoms. The zero-order chi connectivity index (χ0) is 18.0. The number of anilines is 1. The first-order valence-corrected chi connectivity index (χ1v) is 9.77. The lowest BCUT2D eigenvalue weighted by Gasteiger charge is -2.10.